The molecule has 1 aliphatic rings. The first-order valence-electron chi connectivity index (χ1n) is 10.8. The molecule has 158 valence electrons. The predicted octanol–water partition coefficient (Wildman–Crippen LogP) is 4.97. The third-order valence-corrected chi connectivity index (χ3v) is 5.61. The second-order valence-corrected chi connectivity index (χ2v) is 8.38. The molecule has 4 rings (SSSR count). The van der Waals surface area contributed by atoms with E-state index >= 15 is 0 Å². The molecule has 0 saturated heterocycles. The number of benzene rings is 3. The lowest BCUT2D eigenvalue weighted by Crippen LogP contribution is -2.31. The normalized spacial score (nSPS) is 13.0. The molecular weight excluding hydrogens is 384 g/mol. The highest BCUT2D eigenvalue weighted by atomic mass is 16.2. The minimum absolute atomic E-state index is 0.0370. The molecule has 4 heteroatoms. The molecule has 1 fully saturated rings. The summed E-state index contributed by atoms with van der Waals surface area (Å²) in [6, 6.07) is 24.0. The molecule has 3 aromatic carbocycles. The minimum Gasteiger partial charge on any atom is -0.353 e. The van der Waals surface area contributed by atoms with E-state index in [-0.39, 0.29) is 11.8 Å². The summed E-state index contributed by atoms with van der Waals surface area (Å²) >= 11 is 0. The maximum absolute atomic E-state index is 13.6. The van der Waals surface area contributed by atoms with Crippen LogP contribution in [0.3, 0.4) is 0 Å². The Kier molecular flexibility index (Phi) is 6.17. The first-order valence-corrected chi connectivity index (χ1v) is 10.8. The van der Waals surface area contributed by atoms with Gasteiger partial charge in [-0.2, -0.15) is 0 Å². The first-order chi connectivity index (χ1) is 15.0. The van der Waals surface area contributed by atoms with Crippen LogP contribution in [0, 0.1) is 13.8 Å². The molecule has 0 atom stereocenters. The average Bonchev–Trinajstić information content (AvgIpc) is 3.57. The quantitative estimate of drug-likeness (QED) is 0.596. The van der Waals surface area contributed by atoms with E-state index in [0.717, 1.165) is 35.2 Å². The highest BCUT2D eigenvalue weighted by Crippen LogP contribution is 2.24. The van der Waals surface area contributed by atoms with Crippen LogP contribution in [0.15, 0.2) is 72.8 Å². The van der Waals surface area contributed by atoms with E-state index in [2.05, 4.69) is 36.5 Å². The summed E-state index contributed by atoms with van der Waals surface area (Å²) in [5.41, 5.74) is 5.58. The van der Waals surface area contributed by atoms with Gasteiger partial charge in [0.2, 0.25) is 5.91 Å². The monoisotopic (exact) mass is 412 g/mol. The Morgan fingerprint density at radius 1 is 0.903 bits per heavy atom. The van der Waals surface area contributed by atoms with Crippen LogP contribution in [0.2, 0.25) is 0 Å². The summed E-state index contributed by atoms with van der Waals surface area (Å²) in [5.74, 6) is -0.00628. The first kappa shape index (κ1) is 20.9. The van der Waals surface area contributed by atoms with Gasteiger partial charge in [-0.25, -0.2) is 0 Å². The van der Waals surface area contributed by atoms with E-state index in [1.165, 1.54) is 5.56 Å². The molecule has 0 aromatic heterocycles. The summed E-state index contributed by atoms with van der Waals surface area (Å²) in [6.07, 6.45) is 2.46. The van der Waals surface area contributed by atoms with E-state index < -0.39 is 0 Å². The Bertz CT molecular complexity index is 1080. The van der Waals surface area contributed by atoms with Crippen molar-refractivity contribution in [3.05, 3.63) is 101 Å². The summed E-state index contributed by atoms with van der Waals surface area (Å²) in [5, 5.41) is 3.03. The SMILES string of the molecule is Cc1ccc(CN(C(=O)c2ccccc2C)c2cccc(CC(=O)NC3CC3)c2)cc1. The molecule has 0 unspecified atom stereocenters. The zero-order chi connectivity index (χ0) is 21.8. The van der Waals surface area contributed by atoms with E-state index in [4.69, 9.17) is 0 Å². The van der Waals surface area contributed by atoms with Crippen molar-refractivity contribution in [3.8, 4) is 0 Å². The predicted molar refractivity (Wildman–Crippen MR) is 124 cm³/mol. The third-order valence-electron chi connectivity index (χ3n) is 5.61. The van der Waals surface area contributed by atoms with Crippen LogP contribution >= 0.6 is 0 Å². The van der Waals surface area contributed by atoms with Crippen LogP contribution in [0.25, 0.3) is 0 Å². The molecule has 0 radical (unpaired) electrons. The largest absolute Gasteiger partial charge is 0.353 e. The topological polar surface area (TPSA) is 49.4 Å². The number of anilines is 1. The molecule has 0 heterocycles. The molecule has 1 N–H and O–H groups in total. The Labute approximate surface area is 183 Å². The van der Waals surface area contributed by atoms with Crippen LogP contribution < -0.4 is 10.2 Å². The van der Waals surface area contributed by atoms with Gasteiger partial charge in [0.1, 0.15) is 0 Å². The molecule has 2 amide bonds. The molecule has 1 saturated carbocycles. The van der Waals surface area contributed by atoms with Gasteiger partial charge in [-0.1, -0.05) is 60.2 Å². The van der Waals surface area contributed by atoms with Crippen LogP contribution in [0.4, 0.5) is 5.69 Å². The number of hydrogen-bond acceptors (Lipinski definition) is 2. The van der Waals surface area contributed by atoms with Crippen LogP contribution in [-0.4, -0.2) is 17.9 Å². The van der Waals surface area contributed by atoms with Gasteiger partial charge in [0.25, 0.3) is 5.91 Å². The Hall–Kier alpha value is -3.40. The summed E-state index contributed by atoms with van der Waals surface area (Å²) in [7, 11) is 0. The minimum atomic E-state index is -0.0433. The van der Waals surface area contributed by atoms with Crippen molar-refractivity contribution in [1.82, 2.24) is 5.32 Å². The second kappa shape index (κ2) is 9.17. The van der Waals surface area contributed by atoms with Crippen molar-refractivity contribution >= 4 is 17.5 Å². The van der Waals surface area contributed by atoms with Crippen molar-refractivity contribution in [2.75, 3.05) is 4.90 Å². The fourth-order valence-electron chi connectivity index (χ4n) is 3.64. The lowest BCUT2D eigenvalue weighted by molar-refractivity contribution is -0.120. The molecule has 4 nitrogen and oxygen atoms in total. The number of hydrogen-bond donors (Lipinski definition) is 1. The second-order valence-electron chi connectivity index (χ2n) is 8.38. The summed E-state index contributed by atoms with van der Waals surface area (Å²) in [6.45, 7) is 4.47. The Balaban J connectivity index is 1.63. The lowest BCUT2D eigenvalue weighted by atomic mass is 10.0. The number of amides is 2. The third kappa shape index (κ3) is 5.40. The molecule has 3 aromatic rings. The summed E-state index contributed by atoms with van der Waals surface area (Å²) < 4.78 is 0. The number of carbonyl (C=O) groups excluding carboxylic acids is 2. The van der Waals surface area contributed by atoms with E-state index in [1.807, 2.05) is 55.5 Å². The molecule has 1 aliphatic carbocycles. The van der Waals surface area contributed by atoms with Crippen molar-refractivity contribution < 1.29 is 9.59 Å². The number of carbonyl (C=O) groups is 2. The van der Waals surface area contributed by atoms with Gasteiger partial charge in [-0.15, -0.1) is 0 Å². The van der Waals surface area contributed by atoms with Gasteiger partial charge in [0, 0.05) is 17.3 Å². The van der Waals surface area contributed by atoms with Crippen LogP contribution in [-0.2, 0) is 17.8 Å². The maximum Gasteiger partial charge on any atom is 0.258 e. The van der Waals surface area contributed by atoms with Gasteiger partial charge in [-0.3, -0.25) is 9.59 Å². The Morgan fingerprint density at radius 3 is 2.35 bits per heavy atom. The highest BCUT2D eigenvalue weighted by molar-refractivity contribution is 6.07. The molecular formula is C27H28N2O2. The average molecular weight is 413 g/mol. The number of nitrogens with one attached hydrogen (secondary N) is 1. The fourth-order valence-corrected chi connectivity index (χ4v) is 3.64. The van der Waals surface area contributed by atoms with Crippen molar-refractivity contribution in [2.45, 2.75) is 45.7 Å². The van der Waals surface area contributed by atoms with Crippen molar-refractivity contribution in [3.63, 3.8) is 0 Å². The van der Waals surface area contributed by atoms with Gasteiger partial charge in [0.05, 0.1) is 13.0 Å². The molecule has 0 aliphatic heterocycles. The standard InChI is InChI=1S/C27H28N2O2/c1-19-10-12-21(13-11-19)18-29(27(31)25-9-4-3-6-20(25)2)24-8-5-7-22(16-24)17-26(30)28-23-14-15-23/h3-13,16,23H,14-15,17-18H2,1-2H3,(H,28,30). The smallest absolute Gasteiger partial charge is 0.258 e. The summed E-state index contributed by atoms with van der Waals surface area (Å²) in [4.78, 5) is 27.6. The van der Waals surface area contributed by atoms with Crippen LogP contribution in [0.5, 0.6) is 0 Å². The highest BCUT2D eigenvalue weighted by Gasteiger charge is 2.24. The van der Waals surface area contributed by atoms with Gasteiger partial charge in [0.15, 0.2) is 0 Å². The van der Waals surface area contributed by atoms with Gasteiger partial charge in [-0.05, 0) is 61.6 Å². The lowest BCUT2D eigenvalue weighted by Gasteiger charge is -2.24. The zero-order valence-electron chi connectivity index (χ0n) is 18.1. The molecule has 0 spiro atoms. The van der Waals surface area contributed by atoms with Gasteiger partial charge >= 0.3 is 0 Å². The zero-order valence-corrected chi connectivity index (χ0v) is 18.1. The molecule has 31 heavy (non-hydrogen) atoms. The van der Waals surface area contributed by atoms with Crippen molar-refractivity contribution in [1.29, 1.82) is 0 Å². The maximum atomic E-state index is 13.6. The number of rotatable bonds is 7. The van der Waals surface area contributed by atoms with E-state index in [1.54, 1.807) is 4.90 Å². The van der Waals surface area contributed by atoms with E-state index in [0.29, 0.717) is 24.6 Å². The fraction of sp³-hybridized carbons (Fsp3) is 0.259. The number of nitrogens with zero attached hydrogens (tertiary/aromatic N) is 1. The van der Waals surface area contributed by atoms with Crippen molar-refractivity contribution in [2.24, 2.45) is 0 Å². The number of aryl methyl sites for hydroxylation is 2. The van der Waals surface area contributed by atoms with Gasteiger partial charge < -0.3 is 10.2 Å². The van der Waals surface area contributed by atoms with Crippen LogP contribution in [0.1, 0.15) is 45.5 Å². The molecule has 0 bridgehead atoms. The Morgan fingerprint density at radius 2 is 1.65 bits per heavy atom. The van der Waals surface area contributed by atoms with E-state index in [9.17, 15) is 9.59 Å².